The van der Waals surface area contributed by atoms with Gasteiger partial charge >= 0.3 is 12.1 Å². The molecule has 0 radical (unpaired) electrons. The summed E-state index contributed by atoms with van der Waals surface area (Å²) in [7, 11) is 2.64. The maximum Gasteiger partial charge on any atom is 0.406 e. The Morgan fingerprint density at radius 1 is 1.35 bits per heavy atom. The van der Waals surface area contributed by atoms with E-state index in [-0.39, 0.29) is 21.8 Å². The number of hydrogen-bond acceptors (Lipinski definition) is 5. The van der Waals surface area contributed by atoms with Crippen LogP contribution >= 0.6 is 11.6 Å². The summed E-state index contributed by atoms with van der Waals surface area (Å²) in [5.41, 5.74) is -0.405. The number of esters is 1. The molecule has 0 fully saturated rings. The number of aryl methyl sites for hydroxylation is 1. The van der Waals surface area contributed by atoms with E-state index >= 15 is 0 Å². The average molecular weight is 391 g/mol. The molecule has 11 heteroatoms. The Morgan fingerprint density at radius 2 is 2.04 bits per heavy atom. The summed E-state index contributed by atoms with van der Waals surface area (Å²) in [4.78, 5) is 28.7. The van der Waals surface area contributed by atoms with E-state index in [0.29, 0.717) is 4.90 Å². The van der Waals surface area contributed by atoms with Crippen molar-refractivity contribution in [1.82, 2.24) is 19.7 Å². The van der Waals surface area contributed by atoms with Crippen molar-refractivity contribution in [1.29, 1.82) is 0 Å². The Morgan fingerprint density at radius 3 is 2.58 bits per heavy atom. The Labute approximate surface area is 151 Å². The number of nitrogens with zero attached hydrogens (tertiary/aromatic N) is 4. The van der Waals surface area contributed by atoms with E-state index in [1.54, 1.807) is 7.05 Å². The normalized spacial score (nSPS) is 11.3. The molecule has 0 atom stereocenters. The third-order valence-corrected chi connectivity index (χ3v) is 3.62. The lowest BCUT2D eigenvalue weighted by atomic mass is 10.1. The standard InChI is InChI=1S/C15H14ClF3N4O3/c1-22-6-11(16)12(21-22)7-23(8-15(17,18)19)13(24)10-5-20-4-3-9(10)14(25)26-2/h3-6H,7-8H2,1-2H3. The van der Waals surface area contributed by atoms with E-state index < -0.39 is 31.1 Å². The summed E-state index contributed by atoms with van der Waals surface area (Å²) in [6.07, 6.45) is -1.02. The van der Waals surface area contributed by atoms with Crippen molar-refractivity contribution in [3.05, 3.63) is 46.5 Å². The van der Waals surface area contributed by atoms with Crippen LogP contribution in [-0.2, 0) is 18.3 Å². The van der Waals surface area contributed by atoms with Gasteiger partial charge in [0, 0.05) is 25.6 Å². The summed E-state index contributed by atoms with van der Waals surface area (Å²) in [6, 6.07) is 1.19. The van der Waals surface area contributed by atoms with Crippen molar-refractivity contribution < 1.29 is 27.5 Å². The zero-order chi connectivity index (χ0) is 19.5. The number of amides is 1. The maximum atomic E-state index is 13.0. The van der Waals surface area contributed by atoms with Gasteiger partial charge in [-0.1, -0.05) is 11.6 Å². The Balaban J connectivity index is 2.41. The lowest BCUT2D eigenvalue weighted by molar-refractivity contribution is -0.141. The van der Waals surface area contributed by atoms with Crippen LogP contribution in [0.25, 0.3) is 0 Å². The van der Waals surface area contributed by atoms with Crippen molar-refractivity contribution in [2.45, 2.75) is 12.7 Å². The second-order valence-corrected chi connectivity index (χ2v) is 5.69. The van der Waals surface area contributed by atoms with Gasteiger partial charge in [-0.15, -0.1) is 0 Å². The van der Waals surface area contributed by atoms with Crippen LogP contribution in [0.5, 0.6) is 0 Å². The lowest BCUT2D eigenvalue weighted by Gasteiger charge is -2.24. The molecule has 0 N–H and O–H groups in total. The second-order valence-electron chi connectivity index (χ2n) is 5.29. The summed E-state index contributed by atoms with van der Waals surface area (Å²) < 4.78 is 44.7. The van der Waals surface area contributed by atoms with Crippen LogP contribution < -0.4 is 0 Å². The number of carbonyl (C=O) groups is 2. The van der Waals surface area contributed by atoms with E-state index in [2.05, 4.69) is 14.8 Å². The van der Waals surface area contributed by atoms with Crippen molar-refractivity contribution >= 4 is 23.5 Å². The van der Waals surface area contributed by atoms with Gasteiger partial charge in [-0.25, -0.2) is 4.79 Å². The molecular formula is C15H14ClF3N4O3. The molecular weight excluding hydrogens is 377 g/mol. The van der Waals surface area contributed by atoms with Gasteiger partial charge < -0.3 is 9.64 Å². The van der Waals surface area contributed by atoms with Crippen molar-refractivity contribution in [2.24, 2.45) is 7.05 Å². The van der Waals surface area contributed by atoms with Gasteiger partial charge in [-0.05, 0) is 6.07 Å². The first-order valence-corrected chi connectivity index (χ1v) is 7.56. The highest BCUT2D eigenvalue weighted by molar-refractivity contribution is 6.31. The van der Waals surface area contributed by atoms with Crippen LogP contribution in [0.1, 0.15) is 26.4 Å². The molecule has 0 saturated heterocycles. The lowest BCUT2D eigenvalue weighted by Crippen LogP contribution is -2.39. The van der Waals surface area contributed by atoms with E-state index in [1.807, 2.05) is 0 Å². The van der Waals surface area contributed by atoms with Gasteiger partial charge in [0.1, 0.15) is 12.2 Å². The maximum absolute atomic E-state index is 13.0. The predicted octanol–water partition coefficient (Wildman–Crippen LogP) is 2.46. The van der Waals surface area contributed by atoms with Crippen LogP contribution in [0.4, 0.5) is 13.2 Å². The average Bonchev–Trinajstić information content (AvgIpc) is 2.89. The fraction of sp³-hybridized carbons (Fsp3) is 0.333. The first-order chi connectivity index (χ1) is 12.1. The topological polar surface area (TPSA) is 77.3 Å². The Hall–Kier alpha value is -2.62. The van der Waals surface area contributed by atoms with Crippen LogP contribution in [0.3, 0.4) is 0 Å². The molecule has 0 aliphatic heterocycles. The molecule has 0 unspecified atom stereocenters. The number of methoxy groups -OCH3 is 1. The number of rotatable bonds is 5. The monoisotopic (exact) mass is 390 g/mol. The molecule has 2 heterocycles. The minimum absolute atomic E-state index is 0.0928. The molecule has 26 heavy (non-hydrogen) atoms. The summed E-state index contributed by atoms with van der Waals surface area (Å²) >= 11 is 5.93. The molecule has 0 aliphatic rings. The molecule has 0 spiro atoms. The van der Waals surface area contributed by atoms with E-state index in [1.165, 1.54) is 23.1 Å². The van der Waals surface area contributed by atoms with E-state index in [9.17, 15) is 22.8 Å². The van der Waals surface area contributed by atoms with E-state index in [4.69, 9.17) is 11.6 Å². The van der Waals surface area contributed by atoms with Gasteiger partial charge in [0.15, 0.2) is 0 Å². The fourth-order valence-corrected chi connectivity index (χ4v) is 2.47. The van der Waals surface area contributed by atoms with E-state index in [0.717, 1.165) is 13.3 Å². The largest absolute Gasteiger partial charge is 0.465 e. The SMILES string of the molecule is COC(=O)c1ccncc1C(=O)N(Cc1nn(C)cc1Cl)CC(F)(F)F. The molecule has 1 amide bonds. The minimum atomic E-state index is -4.66. The quantitative estimate of drug-likeness (QED) is 0.733. The van der Waals surface area contributed by atoms with Gasteiger partial charge in [0.05, 0.1) is 29.8 Å². The van der Waals surface area contributed by atoms with Gasteiger partial charge in [-0.2, -0.15) is 18.3 Å². The first kappa shape index (κ1) is 19.7. The molecule has 0 aromatic carbocycles. The van der Waals surface area contributed by atoms with Gasteiger partial charge in [-0.3, -0.25) is 14.5 Å². The third kappa shape index (κ3) is 4.72. The van der Waals surface area contributed by atoms with Gasteiger partial charge in [0.2, 0.25) is 0 Å². The minimum Gasteiger partial charge on any atom is -0.465 e. The Kier molecular flexibility index (Phi) is 5.86. The van der Waals surface area contributed by atoms with Gasteiger partial charge in [0.25, 0.3) is 5.91 Å². The predicted molar refractivity (Wildman–Crippen MR) is 84.6 cm³/mol. The van der Waals surface area contributed by atoms with Crippen LogP contribution in [0.15, 0.2) is 24.7 Å². The number of hydrogen-bond donors (Lipinski definition) is 0. The summed E-state index contributed by atoms with van der Waals surface area (Å²) in [6.45, 7) is -2.04. The third-order valence-electron chi connectivity index (χ3n) is 3.31. The molecule has 2 aromatic heterocycles. The number of ether oxygens (including phenoxy) is 1. The second kappa shape index (κ2) is 7.73. The zero-order valence-corrected chi connectivity index (χ0v) is 14.5. The van der Waals surface area contributed by atoms with Crippen molar-refractivity contribution in [3.63, 3.8) is 0 Å². The smallest absolute Gasteiger partial charge is 0.406 e. The first-order valence-electron chi connectivity index (χ1n) is 7.18. The van der Waals surface area contributed by atoms with Crippen LogP contribution in [-0.4, -0.2) is 51.4 Å². The highest BCUT2D eigenvalue weighted by atomic mass is 35.5. The number of pyridine rings is 1. The number of carbonyl (C=O) groups excluding carboxylic acids is 2. The molecule has 140 valence electrons. The number of aromatic nitrogens is 3. The molecule has 2 rings (SSSR count). The van der Waals surface area contributed by atoms with Crippen molar-refractivity contribution in [3.8, 4) is 0 Å². The molecule has 0 bridgehead atoms. The summed E-state index contributed by atoms with van der Waals surface area (Å²) in [5.74, 6) is -1.91. The number of alkyl halides is 3. The van der Waals surface area contributed by atoms with Crippen LogP contribution in [0.2, 0.25) is 5.02 Å². The highest BCUT2D eigenvalue weighted by Gasteiger charge is 2.35. The van der Waals surface area contributed by atoms with Crippen LogP contribution in [0, 0.1) is 0 Å². The highest BCUT2D eigenvalue weighted by Crippen LogP contribution is 2.23. The number of halogens is 4. The molecule has 7 nitrogen and oxygen atoms in total. The molecule has 0 saturated carbocycles. The molecule has 0 aliphatic carbocycles. The summed E-state index contributed by atoms with van der Waals surface area (Å²) in [5, 5.41) is 4.06. The fourth-order valence-electron chi connectivity index (χ4n) is 2.23. The molecule has 2 aromatic rings. The van der Waals surface area contributed by atoms with Crippen molar-refractivity contribution in [2.75, 3.05) is 13.7 Å². The Bertz CT molecular complexity index is 823. The zero-order valence-electron chi connectivity index (χ0n) is 13.7.